The van der Waals surface area contributed by atoms with Gasteiger partial charge in [-0.3, -0.25) is 0 Å². The predicted molar refractivity (Wildman–Crippen MR) is 270 cm³/mol. The molecule has 0 radical (unpaired) electrons. The van der Waals surface area contributed by atoms with E-state index in [1.807, 2.05) is 0 Å². The average Bonchev–Trinajstić information content (AvgIpc) is 3.69. The largest absolute Gasteiger partial charge is 0.309 e. The highest BCUT2D eigenvalue weighted by Crippen LogP contribution is 2.59. The minimum Gasteiger partial charge on any atom is -0.309 e. The minimum absolute atomic E-state index is 0.488. The van der Waals surface area contributed by atoms with Gasteiger partial charge in [0.15, 0.2) is 0 Å². The topological polar surface area (TPSA) is 3.24 Å². The van der Waals surface area contributed by atoms with Crippen LogP contribution in [0, 0.1) is 0 Å². The molecule has 0 amide bonds. The van der Waals surface area contributed by atoms with Gasteiger partial charge < -0.3 is 4.90 Å². The fourth-order valence-corrected chi connectivity index (χ4v) is 10.5. The van der Waals surface area contributed by atoms with E-state index in [1.165, 1.54) is 88.3 Å². The second kappa shape index (κ2) is 15.6. The number of rotatable bonds is 8. The fourth-order valence-electron chi connectivity index (χ4n) is 10.5. The van der Waals surface area contributed by atoms with Crippen molar-refractivity contribution in [2.24, 2.45) is 0 Å². The number of para-hydroxylation sites is 1. The van der Waals surface area contributed by atoms with Gasteiger partial charge in [-0.1, -0.05) is 237 Å². The van der Waals surface area contributed by atoms with Gasteiger partial charge in [-0.25, -0.2) is 0 Å². The Kier molecular flexibility index (Phi) is 9.13. The molecule has 300 valence electrons. The van der Waals surface area contributed by atoms with Crippen LogP contribution in [-0.2, 0) is 5.41 Å². The van der Waals surface area contributed by atoms with Gasteiger partial charge in [0.05, 0.1) is 16.8 Å². The molecule has 0 atom stereocenters. The zero-order valence-electron chi connectivity index (χ0n) is 35.3. The maximum atomic E-state index is 2.47. The Morgan fingerprint density at radius 2 is 0.719 bits per heavy atom. The minimum atomic E-state index is -0.488. The highest BCUT2D eigenvalue weighted by Gasteiger charge is 2.46. The monoisotopic (exact) mass is 813 g/mol. The SMILES string of the molecule is c1ccc(C2(c3ccccc3)c3ccccc3-c3c(-c4ccccc4N(c4ccc(-c5ccc(-c6cccc7ccccc67)cc5)cc4)c4cccc5ccccc45)cccc32)cc1. The summed E-state index contributed by atoms with van der Waals surface area (Å²) in [7, 11) is 0. The molecular weight excluding hydrogens is 771 g/mol. The lowest BCUT2D eigenvalue weighted by Gasteiger charge is -2.34. The van der Waals surface area contributed by atoms with Gasteiger partial charge in [0, 0.05) is 16.6 Å². The van der Waals surface area contributed by atoms with E-state index in [2.05, 4.69) is 266 Å². The second-order valence-electron chi connectivity index (χ2n) is 16.8. The van der Waals surface area contributed by atoms with Crippen LogP contribution in [0.25, 0.3) is 66.1 Å². The zero-order chi connectivity index (χ0) is 42.5. The maximum absolute atomic E-state index is 2.47. The first-order valence-corrected chi connectivity index (χ1v) is 22.2. The second-order valence-corrected chi connectivity index (χ2v) is 16.8. The molecule has 1 aliphatic rings. The lowest BCUT2D eigenvalue weighted by atomic mass is 9.67. The molecule has 64 heavy (non-hydrogen) atoms. The van der Waals surface area contributed by atoms with E-state index in [-0.39, 0.29) is 0 Å². The molecule has 1 nitrogen and oxygen atoms in total. The molecule has 0 aromatic heterocycles. The summed E-state index contributed by atoms with van der Waals surface area (Å²) in [5.74, 6) is 0. The Morgan fingerprint density at radius 1 is 0.266 bits per heavy atom. The van der Waals surface area contributed by atoms with Crippen LogP contribution in [0.1, 0.15) is 22.3 Å². The molecule has 0 saturated heterocycles. The van der Waals surface area contributed by atoms with Crippen LogP contribution in [0.3, 0.4) is 0 Å². The number of hydrogen-bond donors (Lipinski definition) is 0. The molecule has 0 saturated carbocycles. The molecular formula is C63H43N. The molecule has 1 aliphatic carbocycles. The van der Waals surface area contributed by atoms with E-state index < -0.39 is 5.41 Å². The van der Waals surface area contributed by atoms with E-state index >= 15 is 0 Å². The normalized spacial score (nSPS) is 12.5. The first-order chi connectivity index (χ1) is 31.8. The Balaban J connectivity index is 1.02. The maximum Gasteiger partial charge on any atom is 0.0713 e. The van der Waals surface area contributed by atoms with E-state index in [1.54, 1.807) is 0 Å². The summed E-state index contributed by atoms with van der Waals surface area (Å²) in [6, 6.07) is 95.8. The molecule has 11 aromatic rings. The fraction of sp³-hybridized carbons (Fsp3) is 0.0159. The van der Waals surface area contributed by atoms with Gasteiger partial charge in [0.25, 0.3) is 0 Å². The lowest BCUT2D eigenvalue weighted by Crippen LogP contribution is -2.28. The lowest BCUT2D eigenvalue weighted by molar-refractivity contribution is 0.768. The van der Waals surface area contributed by atoms with Crippen LogP contribution in [0.4, 0.5) is 17.1 Å². The Morgan fingerprint density at radius 3 is 1.44 bits per heavy atom. The van der Waals surface area contributed by atoms with Crippen LogP contribution in [-0.4, -0.2) is 0 Å². The van der Waals surface area contributed by atoms with E-state index in [4.69, 9.17) is 0 Å². The van der Waals surface area contributed by atoms with Crippen molar-refractivity contribution in [1.82, 2.24) is 0 Å². The van der Waals surface area contributed by atoms with Gasteiger partial charge in [0.2, 0.25) is 0 Å². The van der Waals surface area contributed by atoms with E-state index in [0.717, 1.165) is 17.1 Å². The highest BCUT2D eigenvalue weighted by molar-refractivity contribution is 6.04. The number of nitrogens with zero attached hydrogens (tertiary/aromatic N) is 1. The Labute approximate surface area is 374 Å². The third-order valence-corrected chi connectivity index (χ3v) is 13.4. The third kappa shape index (κ3) is 6.01. The van der Waals surface area contributed by atoms with Gasteiger partial charge in [-0.15, -0.1) is 0 Å². The van der Waals surface area contributed by atoms with Gasteiger partial charge in [-0.2, -0.15) is 0 Å². The van der Waals surface area contributed by atoms with Crippen molar-refractivity contribution < 1.29 is 0 Å². The van der Waals surface area contributed by atoms with Crippen molar-refractivity contribution in [2.45, 2.75) is 5.41 Å². The van der Waals surface area contributed by atoms with Crippen LogP contribution >= 0.6 is 0 Å². The summed E-state index contributed by atoms with van der Waals surface area (Å²) in [6.45, 7) is 0. The van der Waals surface area contributed by atoms with Crippen molar-refractivity contribution >= 4 is 38.6 Å². The number of benzene rings is 11. The Bertz CT molecular complexity index is 3430. The quantitative estimate of drug-likeness (QED) is 0.148. The molecule has 0 unspecified atom stereocenters. The summed E-state index contributed by atoms with van der Waals surface area (Å²) < 4.78 is 0. The van der Waals surface area contributed by atoms with Crippen LogP contribution in [0.15, 0.2) is 261 Å². The summed E-state index contributed by atoms with van der Waals surface area (Å²) in [5.41, 5.74) is 17.7. The van der Waals surface area contributed by atoms with Crippen LogP contribution in [0.5, 0.6) is 0 Å². The van der Waals surface area contributed by atoms with Gasteiger partial charge in [-0.05, 0) is 102 Å². The molecule has 0 spiro atoms. The molecule has 0 bridgehead atoms. The molecule has 0 N–H and O–H groups in total. The predicted octanol–water partition coefficient (Wildman–Crippen LogP) is 16.8. The molecule has 1 heteroatoms. The first kappa shape index (κ1) is 37.5. The number of hydrogen-bond acceptors (Lipinski definition) is 1. The van der Waals surface area contributed by atoms with Crippen molar-refractivity contribution in [3.63, 3.8) is 0 Å². The van der Waals surface area contributed by atoms with Crippen LogP contribution < -0.4 is 4.90 Å². The van der Waals surface area contributed by atoms with Gasteiger partial charge >= 0.3 is 0 Å². The van der Waals surface area contributed by atoms with Crippen LogP contribution in [0.2, 0.25) is 0 Å². The molecule has 0 aliphatic heterocycles. The van der Waals surface area contributed by atoms with Crippen molar-refractivity contribution in [3.8, 4) is 44.5 Å². The molecule has 11 aromatic carbocycles. The van der Waals surface area contributed by atoms with E-state index in [0.29, 0.717) is 0 Å². The van der Waals surface area contributed by atoms with Crippen molar-refractivity contribution in [1.29, 1.82) is 0 Å². The number of fused-ring (bicyclic) bond motifs is 5. The summed E-state index contributed by atoms with van der Waals surface area (Å²) in [5, 5.41) is 4.93. The molecule has 0 heterocycles. The number of anilines is 3. The van der Waals surface area contributed by atoms with Gasteiger partial charge in [0.1, 0.15) is 0 Å². The Hall–Kier alpha value is -8.26. The third-order valence-electron chi connectivity index (χ3n) is 13.4. The zero-order valence-corrected chi connectivity index (χ0v) is 35.3. The summed E-state index contributed by atoms with van der Waals surface area (Å²) >= 11 is 0. The standard InChI is InChI=1S/C63H43N/c1-3-22-49(23-4-1)63(50-24-5-2-6-25-50)58-32-13-11-29-57(58)62-56(31-17-33-59(62)63)55-28-12-14-34-61(55)64(60-35-16-21-47-19-8-10-27-54(47)60)51-42-40-45(41-43-51)44-36-38-48(39-37-44)53-30-15-20-46-18-7-9-26-52(46)53/h1-43H. The molecule has 12 rings (SSSR count). The molecule has 0 fully saturated rings. The van der Waals surface area contributed by atoms with Crippen molar-refractivity contribution in [2.75, 3.05) is 4.90 Å². The summed E-state index contributed by atoms with van der Waals surface area (Å²) in [6.07, 6.45) is 0. The summed E-state index contributed by atoms with van der Waals surface area (Å²) in [4.78, 5) is 2.47. The van der Waals surface area contributed by atoms with Crippen molar-refractivity contribution in [3.05, 3.63) is 283 Å². The average molecular weight is 814 g/mol. The first-order valence-electron chi connectivity index (χ1n) is 22.2. The smallest absolute Gasteiger partial charge is 0.0713 e. The highest BCUT2D eigenvalue weighted by atomic mass is 15.1. The van der Waals surface area contributed by atoms with E-state index in [9.17, 15) is 0 Å².